The molecule has 2 fully saturated rings. The maximum atomic E-state index is 13.6. The van der Waals surface area contributed by atoms with Crippen LogP contribution in [0.4, 0.5) is 22.0 Å². The Morgan fingerprint density at radius 3 is 2.00 bits per heavy atom. The minimum atomic E-state index is -5.06. The normalized spacial score (nSPS) is 26.2. The molecule has 0 heterocycles. The van der Waals surface area contributed by atoms with Gasteiger partial charge in [0.05, 0.1) is 0 Å². The second kappa shape index (κ2) is 12.0. The number of alkyl halides is 3. The topological polar surface area (TPSA) is 0 Å². The second-order valence-electron chi connectivity index (χ2n) is 9.89. The summed E-state index contributed by atoms with van der Waals surface area (Å²) in [6.07, 6.45) is 14.4. The van der Waals surface area contributed by atoms with Crippen LogP contribution in [-0.4, -0.2) is 0 Å². The quantitative estimate of drug-likeness (QED) is 0.223. The maximum Gasteiger partial charge on any atom is 0.422 e. The number of unbranched alkanes of at least 4 members (excludes halogenated alkanes) is 2. The zero-order valence-electron chi connectivity index (χ0n) is 19.5. The third-order valence-electron chi connectivity index (χ3n) is 7.58. The lowest BCUT2D eigenvalue weighted by atomic mass is 9.68. The third kappa shape index (κ3) is 7.59. The number of halogens is 5. The molecule has 0 bridgehead atoms. The number of benzene rings is 1. The van der Waals surface area contributed by atoms with Gasteiger partial charge in [0.15, 0.2) is 0 Å². The molecule has 0 N–H and O–H groups in total. The van der Waals surface area contributed by atoms with Gasteiger partial charge in [-0.1, -0.05) is 63.4 Å². The highest BCUT2D eigenvalue weighted by atomic mass is 19.4. The van der Waals surface area contributed by atoms with E-state index < -0.39 is 23.4 Å². The average Bonchev–Trinajstić information content (AvgIpc) is 2.76. The van der Waals surface area contributed by atoms with E-state index in [0.29, 0.717) is 18.1 Å². The lowest BCUT2D eigenvalue weighted by molar-refractivity contribution is -0.142. The summed E-state index contributed by atoms with van der Waals surface area (Å²) in [6.45, 7) is 2.26. The Hall–Kier alpha value is -1.83. The lowest BCUT2D eigenvalue weighted by Gasteiger charge is -2.37. The van der Waals surface area contributed by atoms with Crippen LogP contribution < -0.4 is 0 Å². The molecule has 2 saturated carbocycles. The molecule has 0 aromatic heterocycles. The number of rotatable bonds is 6. The van der Waals surface area contributed by atoms with Crippen LogP contribution in [0.1, 0.15) is 95.1 Å². The summed E-state index contributed by atoms with van der Waals surface area (Å²) >= 11 is 0. The monoisotopic (exact) mass is 466 g/mol. The van der Waals surface area contributed by atoms with Crippen molar-refractivity contribution < 1.29 is 22.0 Å². The first-order valence-electron chi connectivity index (χ1n) is 12.5. The molecule has 0 atom stereocenters. The molecule has 182 valence electrons. The number of allylic oxidation sites excluding steroid dienone is 2. The van der Waals surface area contributed by atoms with E-state index in [0.717, 1.165) is 30.6 Å². The molecule has 0 spiro atoms. The van der Waals surface area contributed by atoms with Gasteiger partial charge in [0.1, 0.15) is 17.2 Å². The van der Waals surface area contributed by atoms with E-state index in [1.807, 2.05) is 6.08 Å². The first-order valence-corrected chi connectivity index (χ1v) is 12.5. The van der Waals surface area contributed by atoms with Gasteiger partial charge in [-0.05, 0) is 80.4 Å². The SMILES string of the molecule is CCCCCC1CCC(C2CCC(/C=C/C#Cc3cc(F)c(C(F)(F)F)c(F)c3)CC2)CC1. The summed E-state index contributed by atoms with van der Waals surface area (Å²) in [7, 11) is 0. The molecule has 3 rings (SSSR count). The van der Waals surface area contributed by atoms with Crippen molar-refractivity contribution in [2.75, 3.05) is 0 Å². The van der Waals surface area contributed by atoms with Gasteiger partial charge in [0, 0.05) is 5.56 Å². The molecular formula is C28H35F5. The fourth-order valence-electron chi connectivity index (χ4n) is 5.67. The van der Waals surface area contributed by atoms with Gasteiger partial charge in [-0.25, -0.2) is 8.78 Å². The van der Waals surface area contributed by atoms with Crippen LogP contribution >= 0.6 is 0 Å². The second-order valence-corrected chi connectivity index (χ2v) is 9.89. The Kier molecular flexibility index (Phi) is 9.41. The minimum Gasteiger partial charge on any atom is -0.206 e. The van der Waals surface area contributed by atoms with E-state index >= 15 is 0 Å². The fraction of sp³-hybridized carbons (Fsp3) is 0.643. The maximum absolute atomic E-state index is 13.6. The Balaban J connectivity index is 1.43. The van der Waals surface area contributed by atoms with Gasteiger partial charge in [-0.15, -0.1) is 0 Å². The average molecular weight is 467 g/mol. The zero-order chi connectivity index (χ0) is 23.8. The van der Waals surface area contributed by atoms with E-state index in [1.54, 1.807) is 6.08 Å². The Morgan fingerprint density at radius 2 is 1.45 bits per heavy atom. The minimum absolute atomic E-state index is 0.100. The van der Waals surface area contributed by atoms with Crippen molar-refractivity contribution in [2.24, 2.45) is 23.7 Å². The third-order valence-corrected chi connectivity index (χ3v) is 7.58. The molecular weight excluding hydrogens is 431 g/mol. The van der Waals surface area contributed by atoms with Gasteiger partial charge in [-0.3, -0.25) is 0 Å². The first-order chi connectivity index (χ1) is 15.8. The molecule has 33 heavy (non-hydrogen) atoms. The van der Waals surface area contributed by atoms with Crippen LogP contribution in [0.15, 0.2) is 24.3 Å². The molecule has 0 radical (unpaired) electrons. The van der Waals surface area contributed by atoms with Crippen molar-refractivity contribution in [3.8, 4) is 11.8 Å². The van der Waals surface area contributed by atoms with Crippen molar-refractivity contribution in [2.45, 2.75) is 90.1 Å². The van der Waals surface area contributed by atoms with Gasteiger partial charge < -0.3 is 0 Å². The van der Waals surface area contributed by atoms with Gasteiger partial charge >= 0.3 is 6.18 Å². The molecule has 0 aliphatic heterocycles. The highest BCUT2D eigenvalue weighted by Gasteiger charge is 2.37. The summed E-state index contributed by atoms with van der Waals surface area (Å²) < 4.78 is 65.2. The Labute approximate surface area is 195 Å². The summed E-state index contributed by atoms with van der Waals surface area (Å²) in [4.78, 5) is 0. The first kappa shape index (κ1) is 25.8. The molecule has 0 nitrogen and oxygen atoms in total. The summed E-state index contributed by atoms with van der Waals surface area (Å²) in [6, 6.07) is 1.27. The van der Waals surface area contributed by atoms with Crippen LogP contribution in [0.3, 0.4) is 0 Å². The Bertz CT molecular complexity index is 818. The van der Waals surface area contributed by atoms with Crippen molar-refractivity contribution in [3.63, 3.8) is 0 Å². The molecule has 0 amide bonds. The van der Waals surface area contributed by atoms with Crippen LogP contribution in [0.5, 0.6) is 0 Å². The van der Waals surface area contributed by atoms with Crippen LogP contribution in [0.2, 0.25) is 0 Å². The van der Waals surface area contributed by atoms with Crippen molar-refractivity contribution >= 4 is 0 Å². The standard InChI is InChI=1S/C28H35F5/c1-2-3-4-7-20-10-14-23(15-11-20)24-16-12-21(13-17-24)8-5-6-9-22-18-25(29)27(26(30)19-22)28(31,32)33/h5,8,18-21,23-24H,2-4,7,10-17H2,1H3/b8-5+. The highest BCUT2D eigenvalue weighted by Crippen LogP contribution is 2.42. The van der Waals surface area contributed by atoms with E-state index in [4.69, 9.17) is 0 Å². The van der Waals surface area contributed by atoms with Gasteiger partial charge in [-0.2, -0.15) is 13.2 Å². The molecule has 0 unspecified atom stereocenters. The van der Waals surface area contributed by atoms with Crippen molar-refractivity contribution in [3.05, 3.63) is 47.0 Å². The summed E-state index contributed by atoms with van der Waals surface area (Å²) in [5.74, 6) is 5.08. The number of hydrogen-bond donors (Lipinski definition) is 0. The predicted molar refractivity (Wildman–Crippen MR) is 122 cm³/mol. The zero-order valence-corrected chi connectivity index (χ0v) is 19.5. The smallest absolute Gasteiger partial charge is 0.206 e. The Morgan fingerprint density at radius 1 is 0.879 bits per heavy atom. The summed E-state index contributed by atoms with van der Waals surface area (Å²) in [5.41, 5.74) is -1.97. The highest BCUT2D eigenvalue weighted by molar-refractivity contribution is 5.40. The van der Waals surface area contributed by atoms with Crippen LogP contribution in [0.25, 0.3) is 0 Å². The van der Waals surface area contributed by atoms with Crippen LogP contribution in [-0.2, 0) is 6.18 Å². The fourth-order valence-corrected chi connectivity index (χ4v) is 5.67. The van der Waals surface area contributed by atoms with E-state index in [9.17, 15) is 22.0 Å². The summed E-state index contributed by atoms with van der Waals surface area (Å²) in [5, 5.41) is 0. The molecule has 5 heteroatoms. The lowest BCUT2D eigenvalue weighted by Crippen LogP contribution is -2.25. The molecule has 2 aliphatic carbocycles. The van der Waals surface area contributed by atoms with E-state index in [1.165, 1.54) is 64.2 Å². The predicted octanol–water partition coefficient (Wildman–Crippen LogP) is 9.08. The largest absolute Gasteiger partial charge is 0.422 e. The van der Waals surface area contributed by atoms with Crippen LogP contribution in [0, 0.1) is 47.1 Å². The van der Waals surface area contributed by atoms with Gasteiger partial charge in [0.2, 0.25) is 0 Å². The van der Waals surface area contributed by atoms with Crippen molar-refractivity contribution in [1.29, 1.82) is 0 Å². The molecule has 2 aliphatic rings. The van der Waals surface area contributed by atoms with E-state index in [-0.39, 0.29) is 5.56 Å². The molecule has 0 saturated heterocycles. The van der Waals surface area contributed by atoms with Gasteiger partial charge in [0.25, 0.3) is 0 Å². The molecule has 1 aromatic carbocycles. The van der Waals surface area contributed by atoms with Crippen molar-refractivity contribution in [1.82, 2.24) is 0 Å². The number of hydrogen-bond acceptors (Lipinski definition) is 0. The van der Waals surface area contributed by atoms with E-state index in [2.05, 4.69) is 18.8 Å². The molecule has 1 aromatic rings.